The molecule has 1 aliphatic rings. The molecule has 20 heavy (non-hydrogen) atoms. The maximum atomic E-state index is 5.28. The van der Waals surface area contributed by atoms with Crippen LogP contribution in [0.5, 0.6) is 0 Å². The van der Waals surface area contributed by atoms with Gasteiger partial charge in [-0.1, -0.05) is 30.3 Å². The Kier molecular flexibility index (Phi) is 4.51. The maximum Gasteiger partial charge on any atom is 0.0716 e. The molecular weight excluding hydrogens is 266 g/mol. The average molecular weight is 287 g/mol. The molecule has 0 amide bonds. The van der Waals surface area contributed by atoms with E-state index < -0.39 is 0 Å². The van der Waals surface area contributed by atoms with Crippen LogP contribution >= 0.6 is 11.3 Å². The average Bonchev–Trinajstić information content (AvgIpc) is 3.16. The van der Waals surface area contributed by atoms with Crippen molar-refractivity contribution in [2.24, 2.45) is 5.92 Å². The standard InChI is InChI=1S/C17H21NOS/c1-19-12-15-6-3-2-5-14(15)11-18-17(13-8-9-13)16-7-4-10-20-16/h2-7,10,13,17-18H,8-9,11-12H2,1H3. The van der Waals surface area contributed by atoms with E-state index in [1.807, 2.05) is 11.3 Å². The topological polar surface area (TPSA) is 21.3 Å². The van der Waals surface area contributed by atoms with Crippen LogP contribution in [0.4, 0.5) is 0 Å². The van der Waals surface area contributed by atoms with Crippen molar-refractivity contribution in [1.82, 2.24) is 5.32 Å². The van der Waals surface area contributed by atoms with E-state index in [1.54, 1.807) is 7.11 Å². The Morgan fingerprint density at radius 1 is 1.20 bits per heavy atom. The van der Waals surface area contributed by atoms with Gasteiger partial charge in [0.25, 0.3) is 0 Å². The summed E-state index contributed by atoms with van der Waals surface area (Å²) in [6.07, 6.45) is 2.71. The van der Waals surface area contributed by atoms with Crippen molar-refractivity contribution in [2.75, 3.05) is 7.11 Å². The van der Waals surface area contributed by atoms with Gasteiger partial charge in [0.2, 0.25) is 0 Å². The van der Waals surface area contributed by atoms with Gasteiger partial charge in [-0.05, 0) is 41.3 Å². The molecule has 0 radical (unpaired) electrons. The Labute approximate surface area is 124 Å². The molecule has 0 bridgehead atoms. The van der Waals surface area contributed by atoms with Gasteiger partial charge in [-0.3, -0.25) is 0 Å². The second-order valence-electron chi connectivity index (χ2n) is 5.41. The van der Waals surface area contributed by atoms with Crippen LogP contribution in [0.2, 0.25) is 0 Å². The van der Waals surface area contributed by atoms with Crippen LogP contribution < -0.4 is 5.32 Å². The Hall–Kier alpha value is -1.16. The summed E-state index contributed by atoms with van der Waals surface area (Å²) in [4.78, 5) is 1.47. The lowest BCUT2D eigenvalue weighted by Gasteiger charge is -2.18. The second kappa shape index (κ2) is 6.53. The summed E-state index contributed by atoms with van der Waals surface area (Å²) in [5.74, 6) is 0.822. The van der Waals surface area contributed by atoms with Crippen LogP contribution in [-0.4, -0.2) is 7.11 Å². The molecule has 1 N–H and O–H groups in total. The SMILES string of the molecule is COCc1ccccc1CNC(c1cccs1)C1CC1. The third-order valence-corrected chi connectivity index (χ3v) is 4.83. The smallest absolute Gasteiger partial charge is 0.0716 e. The predicted octanol–water partition coefficient (Wildman–Crippen LogP) is 4.14. The van der Waals surface area contributed by atoms with Crippen LogP contribution in [-0.2, 0) is 17.9 Å². The fourth-order valence-electron chi connectivity index (χ4n) is 2.64. The molecule has 3 rings (SSSR count). The van der Waals surface area contributed by atoms with E-state index in [-0.39, 0.29) is 0 Å². The minimum Gasteiger partial charge on any atom is -0.380 e. The number of thiophene rings is 1. The number of hydrogen-bond acceptors (Lipinski definition) is 3. The molecule has 1 aliphatic carbocycles. The van der Waals surface area contributed by atoms with Crippen molar-refractivity contribution in [3.8, 4) is 0 Å². The fourth-order valence-corrected chi connectivity index (χ4v) is 3.54. The summed E-state index contributed by atoms with van der Waals surface area (Å²) in [5, 5.41) is 5.93. The van der Waals surface area contributed by atoms with E-state index in [0.717, 1.165) is 12.5 Å². The number of hydrogen-bond donors (Lipinski definition) is 1. The van der Waals surface area contributed by atoms with Gasteiger partial charge in [-0.15, -0.1) is 11.3 Å². The van der Waals surface area contributed by atoms with Crippen LogP contribution in [0, 0.1) is 5.92 Å². The molecule has 1 saturated carbocycles. The van der Waals surface area contributed by atoms with Gasteiger partial charge in [-0.25, -0.2) is 0 Å². The molecule has 3 heteroatoms. The lowest BCUT2D eigenvalue weighted by molar-refractivity contribution is 0.184. The van der Waals surface area contributed by atoms with Gasteiger partial charge >= 0.3 is 0 Å². The first-order valence-corrected chi connectivity index (χ1v) is 8.09. The third kappa shape index (κ3) is 3.29. The second-order valence-corrected chi connectivity index (χ2v) is 6.39. The molecule has 1 unspecified atom stereocenters. The Bertz CT molecular complexity index is 534. The van der Waals surface area contributed by atoms with E-state index >= 15 is 0 Å². The molecule has 2 nitrogen and oxygen atoms in total. The van der Waals surface area contributed by atoms with Gasteiger partial charge in [0.1, 0.15) is 0 Å². The van der Waals surface area contributed by atoms with Gasteiger partial charge in [0, 0.05) is 24.6 Å². The Morgan fingerprint density at radius 3 is 2.65 bits per heavy atom. The molecule has 0 spiro atoms. The fraction of sp³-hybridized carbons (Fsp3) is 0.412. The van der Waals surface area contributed by atoms with Gasteiger partial charge in [0.05, 0.1) is 6.61 Å². The van der Waals surface area contributed by atoms with E-state index in [9.17, 15) is 0 Å². The lowest BCUT2D eigenvalue weighted by Crippen LogP contribution is -2.22. The van der Waals surface area contributed by atoms with Crippen LogP contribution in [0.3, 0.4) is 0 Å². The summed E-state index contributed by atoms with van der Waals surface area (Å²) >= 11 is 1.86. The largest absolute Gasteiger partial charge is 0.380 e. The Balaban J connectivity index is 1.68. The number of nitrogens with one attached hydrogen (secondary N) is 1. The van der Waals surface area contributed by atoms with Crippen molar-refractivity contribution < 1.29 is 4.74 Å². The summed E-state index contributed by atoms with van der Waals surface area (Å²) in [6, 6.07) is 13.4. The van der Waals surface area contributed by atoms with Crippen molar-refractivity contribution >= 4 is 11.3 Å². The van der Waals surface area contributed by atoms with Crippen LogP contribution in [0.15, 0.2) is 41.8 Å². The van der Waals surface area contributed by atoms with Crippen LogP contribution in [0.25, 0.3) is 0 Å². The molecule has 106 valence electrons. The molecule has 0 aliphatic heterocycles. The van der Waals surface area contributed by atoms with E-state index in [2.05, 4.69) is 47.1 Å². The first-order chi connectivity index (χ1) is 9.88. The molecule has 1 aromatic carbocycles. The van der Waals surface area contributed by atoms with E-state index in [4.69, 9.17) is 4.74 Å². The predicted molar refractivity (Wildman–Crippen MR) is 83.8 cm³/mol. The zero-order valence-electron chi connectivity index (χ0n) is 11.8. The zero-order valence-corrected chi connectivity index (χ0v) is 12.7. The summed E-state index contributed by atoms with van der Waals surface area (Å²) in [5.41, 5.74) is 2.62. The molecule has 0 saturated heterocycles. The first-order valence-electron chi connectivity index (χ1n) is 7.21. The molecule has 2 aromatic rings. The summed E-state index contributed by atoms with van der Waals surface area (Å²) < 4.78 is 5.28. The lowest BCUT2D eigenvalue weighted by atomic mass is 10.1. The molecule has 1 aromatic heterocycles. The van der Waals surface area contributed by atoms with Gasteiger partial charge in [0.15, 0.2) is 0 Å². The highest BCUT2D eigenvalue weighted by Gasteiger charge is 2.32. The van der Waals surface area contributed by atoms with E-state index in [0.29, 0.717) is 12.6 Å². The molecule has 1 atom stereocenters. The number of methoxy groups -OCH3 is 1. The quantitative estimate of drug-likeness (QED) is 0.826. The summed E-state index contributed by atoms with van der Waals surface area (Å²) in [6.45, 7) is 1.60. The van der Waals surface area contributed by atoms with Crippen LogP contribution in [0.1, 0.15) is 34.9 Å². The van der Waals surface area contributed by atoms with Gasteiger partial charge in [-0.2, -0.15) is 0 Å². The normalized spacial score (nSPS) is 16.2. The molecular formula is C17H21NOS. The summed E-state index contributed by atoms with van der Waals surface area (Å²) in [7, 11) is 1.75. The van der Waals surface area contributed by atoms with Crippen molar-refractivity contribution in [3.63, 3.8) is 0 Å². The minimum absolute atomic E-state index is 0.519. The highest BCUT2D eigenvalue weighted by molar-refractivity contribution is 7.10. The van der Waals surface area contributed by atoms with Crippen molar-refractivity contribution in [2.45, 2.75) is 32.0 Å². The molecule has 1 fully saturated rings. The Morgan fingerprint density at radius 2 is 2.00 bits per heavy atom. The maximum absolute atomic E-state index is 5.28. The minimum atomic E-state index is 0.519. The van der Waals surface area contributed by atoms with Crippen molar-refractivity contribution in [1.29, 1.82) is 0 Å². The van der Waals surface area contributed by atoms with E-state index in [1.165, 1.54) is 28.8 Å². The monoisotopic (exact) mass is 287 g/mol. The number of ether oxygens (including phenoxy) is 1. The molecule has 1 heterocycles. The number of rotatable bonds is 7. The highest BCUT2D eigenvalue weighted by atomic mass is 32.1. The third-order valence-electron chi connectivity index (χ3n) is 3.87. The first kappa shape index (κ1) is 13.8. The highest BCUT2D eigenvalue weighted by Crippen LogP contribution is 2.42. The van der Waals surface area contributed by atoms with Crippen molar-refractivity contribution in [3.05, 3.63) is 57.8 Å². The van der Waals surface area contributed by atoms with Gasteiger partial charge < -0.3 is 10.1 Å². The zero-order chi connectivity index (χ0) is 13.8. The number of benzene rings is 1.